The first-order valence-corrected chi connectivity index (χ1v) is 10.1. The maximum absolute atomic E-state index is 14.1. The van der Waals surface area contributed by atoms with E-state index in [9.17, 15) is 19.4 Å². The number of halogens is 1. The van der Waals surface area contributed by atoms with E-state index in [1.54, 1.807) is 6.07 Å². The van der Waals surface area contributed by atoms with E-state index in [1.807, 2.05) is 0 Å². The molecule has 2 aliphatic rings. The molecule has 1 aromatic rings. The van der Waals surface area contributed by atoms with E-state index in [0.29, 0.717) is 43.7 Å². The van der Waals surface area contributed by atoms with Gasteiger partial charge in [0.2, 0.25) is 0 Å². The molecule has 1 unspecified atom stereocenters. The van der Waals surface area contributed by atoms with Crippen LogP contribution in [0.15, 0.2) is 18.2 Å². The summed E-state index contributed by atoms with van der Waals surface area (Å²) in [7, 11) is 1.51. The van der Waals surface area contributed by atoms with Crippen molar-refractivity contribution >= 4 is 5.91 Å². The van der Waals surface area contributed by atoms with Gasteiger partial charge >= 0.3 is 0 Å². The zero-order valence-electron chi connectivity index (χ0n) is 16.5. The van der Waals surface area contributed by atoms with Crippen molar-refractivity contribution in [1.82, 2.24) is 10.2 Å². The molecule has 7 heteroatoms. The number of piperidine rings is 1. The Kier molecular flexibility index (Phi) is 6.58. The zero-order valence-corrected chi connectivity index (χ0v) is 16.5. The summed E-state index contributed by atoms with van der Waals surface area (Å²) in [5.74, 6) is -0.249. The number of nitrogens with zero attached hydrogens (tertiary/aromatic N) is 1. The van der Waals surface area contributed by atoms with Crippen molar-refractivity contribution in [2.24, 2.45) is 0 Å². The molecule has 1 saturated heterocycles. The Hall–Kier alpha value is -1.70. The van der Waals surface area contributed by atoms with E-state index < -0.39 is 17.0 Å². The molecule has 0 bridgehead atoms. The summed E-state index contributed by atoms with van der Waals surface area (Å²) in [6, 6.07) is 4.44. The molecule has 0 aromatic heterocycles. The molecule has 6 nitrogen and oxygen atoms in total. The van der Waals surface area contributed by atoms with Crippen molar-refractivity contribution in [2.75, 3.05) is 26.7 Å². The highest BCUT2D eigenvalue weighted by molar-refractivity contribution is 5.86. The number of hydrogen-bond acceptors (Lipinski definition) is 5. The maximum atomic E-state index is 14.1. The number of nitrogens with one attached hydrogen (secondary N) is 1. The van der Waals surface area contributed by atoms with E-state index in [1.165, 1.54) is 24.1 Å². The maximum Gasteiger partial charge on any atom is 0.256 e. The van der Waals surface area contributed by atoms with Gasteiger partial charge in [-0.15, -0.1) is 0 Å². The fourth-order valence-corrected chi connectivity index (χ4v) is 4.28. The first-order valence-electron chi connectivity index (χ1n) is 10.1. The molecule has 3 N–H and O–H groups in total. The van der Waals surface area contributed by atoms with E-state index in [4.69, 9.17) is 4.74 Å². The van der Waals surface area contributed by atoms with Gasteiger partial charge in [-0.1, -0.05) is 12.8 Å². The van der Waals surface area contributed by atoms with Crippen LogP contribution in [0, 0.1) is 5.82 Å². The van der Waals surface area contributed by atoms with Crippen molar-refractivity contribution < 1.29 is 24.1 Å². The predicted octanol–water partition coefficient (Wildman–Crippen LogP) is 1.97. The van der Waals surface area contributed by atoms with Crippen LogP contribution in [0.25, 0.3) is 0 Å². The summed E-state index contributed by atoms with van der Waals surface area (Å²) in [6.07, 6.45) is 5.38. The smallest absolute Gasteiger partial charge is 0.256 e. The van der Waals surface area contributed by atoms with Crippen LogP contribution in [0.2, 0.25) is 0 Å². The number of amides is 1. The second-order valence-corrected chi connectivity index (χ2v) is 8.18. The molecule has 0 radical (unpaired) electrons. The minimum absolute atomic E-state index is 0.101. The Morgan fingerprint density at radius 1 is 1.21 bits per heavy atom. The molecule has 1 heterocycles. The Bertz CT molecular complexity index is 693. The molecule has 28 heavy (non-hydrogen) atoms. The summed E-state index contributed by atoms with van der Waals surface area (Å²) in [6.45, 7) is 1.27. The molecule has 156 valence electrons. The number of likely N-dealkylation sites (tertiary alicyclic amines) is 1. The molecular formula is C21H31FN2O4. The van der Waals surface area contributed by atoms with Gasteiger partial charge in [-0.2, -0.15) is 0 Å². The number of methoxy groups -OCH3 is 1. The standard InChI is InChI=1S/C21H31FN2O4/c1-28-17-5-6-18(22)16(13-17)14-24-12-4-9-21(27,19(24)25)15-23-11-10-20(26)7-2-3-8-20/h5-6,13,23,26-27H,2-4,7-12,14-15H2,1H3. The zero-order chi connectivity index (χ0) is 20.2. The summed E-state index contributed by atoms with van der Waals surface area (Å²) < 4.78 is 19.3. The van der Waals surface area contributed by atoms with Crippen LogP contribution >= 0.6 is 0 Å². The second-order valence-electron chi connectivity index (χ2n) is 8.18. The second kappa shape index (κ2) is 8.76. The topological polar surface area (TPSA) is 82.0 Å². The number of aliphatic hydroxyl groups is 2. The minimum Gasteiger partial charge on any atom is -0.497 e. The average Bonchev–Trinajstić information content (AvgIpc) is 3.11. The Morgan fingerprint density at radius 3 is 2.68 bits per heavy atom. The van der Waals surface area contributed by atoms with Gasteiger partial charge in [0.15, 0.2) is 5.60 Å². The molecule has 2 fully saturated rings. The quantitative estimate of drug-likeness (QED) is 0.588. The van der Waals surface area contributed by atoms with Crippen molar-refractivity contribution in [3.8, 4) is 5.75 Å². The van der Waals surface area contributed by atoms with E-state index >= 15 is 0 Å². The molecular weight excluding hydrogens is 363 g/mol. The van der Waals surface area contributed by atoms with E-state index in [2.05, 4.69) is 5.32 Å². The van der Waals surface area contributed by atoms with Gasteiger partial charge in [0.25, 0.3) is 5.91 Å². The van der Waals surface area contributed by atoms with Crippen LogP contribution in [0.1, 0.15) is 50.5 Å². The molecule has 1 aromatic carbocycles. The van der Waals surface area contributed by atoms with Gasteiger partial charge in [0.05, 0.1) is 12.7 Å². The van der Waals surface area contributed by atoms with Crippen molar-refractivity contribution in [2.45, 2.75) is 62.7 Å². The molecule has 1 aliphatic carbocycles. The lowest BCUT2D eigenvalue weighted by atomic mass is 9.91. The van der Waals surface area contributed by atoms with Crippen LogP contribution in [-0.2, 0) is 11.3 Å². The lowest BCUT2D eigenvalue weighted by molar-refractivity contribution is -0.157. The summed E-state index contributed by atoms with van der Waals surface area (Å²) >= 11 is 0. The highest BCUT2D eigenvalue weighted by Gasteiger charge is 2.42. The lowest BCUT2D eigenvalue weighted by Gasteiger charge is -2.38. The van der Waals surface area contributed by atoms with Crippen molar-refractivity contribution in [3.05, 3.63) is 29.6 Å². The number of benzene rings is 1. The Balaban J connectivity index is 1.56. The third kappa shape index (κ3) is 4.82. The molecule has 1 atom stereocenters. The number of carbonyl (C=O) groups excluding carboxylic acids is 1. The van der Waals surface area contributed by atoms with Gasteiger partial charge < -0.3 is 25.2 Å². The Labute approximate surface area is 165 Å². The number of hydrogen-bond donors (Lipinski definition) is 3. The highest BCUT2D eigenvalue weighted by Crippen LogP contribution is 2.32. The highest BCUT2D eigenvalue weighted by atomic mass is 19.1. The number of rotatable bonds is 8. The first kappa shape index (κ1) is 21.0. The fourth-order valence-electron chi connectivity index (χ4n) is 4.28. The summed E-state index contributed by atoms with van der Waals surface area (Å²) in [5, 5.41) is 24.4. The van der Waals surface area contributed by atoms with Gasteiger partial charge in [0, 0.05) is 25.2 Å². The van der Waals surface area contributed by atoms with Crippen LogP contribution in [0.5, 0.6) is 5.75 Å². The molecule has 3 rings (SSSR count). The largest absolute Gasteiger partial charge is 0.497 e. The van der Waals surface area contributed by atoms with Gasteiger partial charge in [-0.25, -0.2) is 4.39 Å². The predicted molar refractivity (Wildman–Crippen MR) is 103 cm³/mol. The van der Waals surface area contributed by atoms with Crippen LogP contribution in [0.4, 0.5) is 4.39 Å². The monoisotopic (exact) mass is 394 g/mol. The minimum atomic E-state index is -1.49. The SMILES string of the molecule is COc1ccc(F)c(CN2CCCC(O)(CNCCC3(O)CCCC3)C2=O)c1. The molecule has 0 spiro atoms. The van der Waals surface area contributed by atoms with Gasteiger partial charge in [-0.05, 0) is 56.8 Å². The summed E-state index contributed by atoms with van der Waals surface area (Å²) in [4.78, 5) is 14.4. The van der Waals surface area contributed by atoms with E-state index in [-0.39, 0.29) is 19.0 Å². The molecule has 1 aliphatic heterocycles. The number of ether oxygens (including phenoxy) is 1. The first-order chi connectivity index (χ1) is 13.4. The van der Waals surface area contributed by atoms with Crippen molar-refractivity contribution in [1.29, 1.82) is 0 Å². The molecule has 1 saturated carbocycles. The summed E-state index contributed by atoms with van der Waals surface area (Å²) in [5.41, 5.74) is -1.73. The van der Waals surface area contributed by atoms with E-state index in [0.717, 1.165) is 25.7 Å². The van der Waals surface area contributed by atoms with Crippen LogP contribution < -0.4 is 10.1 Å². The Morgan fingerprint density at radius 2 is 1.96 bits per heavy atom. The van der Waals surface area contributed by atoms with Crippen molar-refractivity contribution in [3.63, 3.8) is 0 Å². The number of carbonyl (C=O) groups is 1. The fraction of sp³-hybridized carbons (Fsp3) is 0.667. The third-order valence-corrected chi connectivity index (χ3v) is 6.04. The van der Waals surface area contributed by atoms with Gasteiger partial charge in [0.1, 0.15) is 11.6 Å². The normalized spacial score (nSPS) is 24.6. The molecule has 1 amide bonds. The third-order valence-electron chi connectivity index (χ3n) is 6.04. The average molecular weight is 394 g/mol. The lowest BCUT2D eigenvalue weighted by Crippen LogP contribution is -2.58. The van der Waals surface area contributed by atoms with Crippen LogP contribution in [-0.4, -0.2) is 59.0 Å². The van der Waals surface area contributed by atoms with Crippen LogP contribution in [0.3, 0.4) is 0 Å². The van der Waals surface area contributed by atoms with Gasteiger partial charge in [-0.3, -0.25) is 4.79 Å².